The Labute approximate surface area is 161 Å². The summed E-state index contributed by atoms with van der Waals surface area (Å²) in [6.07, 6.45) is 1.91. The van der Waals surface area contributed by atoms with Crippen molar-refractivity contribution in [2.24, 2.45) is 0 Å². The molecule has 4 heteroatoms. The molecule has 0 aromatic heterocycles. The van der Waals surface area contributed by atoms with Crippen LogP contribution in [0.1, 0.15) is 55.5 Å². The van der Waals surface area contributed by atoms with Crippen molar-refractivity contribution >= 4 is 11.8 Å². The molecule has 0 amide bonds. The zero-order valence-electron chi connectivity index (χ0n) is 16.1. The normalized spacial score (nSPS) is 13.0. The molecule has 0 N–H and O–H groups in total. The summed E-state index contributed by atoms with van der Waals surface area (Å²) in [6, 6.07) is 18.5. The minimum Gasteiger partial charge on any atom is -0.466 e. The topological polar surface area (TPSA) is 52.6 Å². The van der Waals surface area contributed by atoms with Gasteiger partial charge in [-0.25, -0.2) is 0 Å². The molecule has 0 aliphatic heterocycles. The van der Waals surface area contributed by atoms with E-state index >= 15 is 0 Å². The van der Waals surface area contributed by atoms with E-state index in [1.54, 1.807) is 12.1 Å². The molecule has 4 nitrogen and oxygen atoms in total. The molecular formula is C23H28O4. The highest BCUT2D eigenvalue weighted by atomic mass is 16.5. The van der Waals surface area contributed by atoms with Crippen LogP contribution in [-0.2, 0) is 19.9 Å². The first-order chi connectivity index (χ1) is 13.1. The smallest absolute Gasteiger partial charge is 0.305 e. The summed E-state index contributed by atoms with van der Waals surface area (Å²) < 4.78 is 11.4. The van der Waals surface area contributed by atoms with Crippen LogP contribution in [0.2, 0.25) is 0 Å². The third-order valence-corrected chi connectivity index (χ3v) is 4.34. The summed E-state index contributed by atoms with van der Waals surface area (Å²) in [4.78, 5) is 25.6. The van der Waals surface area contributed by atoms with Gasteiger partial charge in [0, 0.05) is 18.6 Å². The van der Waals surface area contributed by atoms with Gasteiger partial charge in [0.1, 0.15) is 0 Å². The van der Waals surface area contributed by atoms with Gasteiger partial charge in [-0.15, -0.1) is 0 Å². The highest BCUT2D eigenvalue weighted by molar-refractivity contribution is 6.03. The predicted octanol–water partition coefficient (Wildman–Crippen LogP) is 4.92. The monoisotopic (exact) mass is 368 g/mol. The highest BCUT2D eigenvalue weighted by Crippen LogP contribution is 2.35. The minimum absolute atomic E-state index is 0.122. The fourth-order valence-electron chi connectivity index (χ4n) is 2.98. The number of esters is 1. The van der Waals surface area contributed by atoms with Crippen molar-refractivity contribution in [3.63, 3.8) is 0 Å². The van der Waals surface area contributed by atoms with Crippen LogP contribution in [0.15, 0.2) is 60.7 Å². The van der Waals surface area contributed by atoms with Crippen LogP contribution < -0.4 is 0 Å². The zero-order chi connectivity index (χ0) is 19.5. The quantitative estimate of drug-likeness (QED) is 0.417. The average molecular weight is 368 g/mol. The molecule has 2 aromatic carbocycles. The molecule has 27 heavy (non-hydrogen) atoms. The summed E-state index contributed by atoms with van der Waals surface area (Å²) in [5.74, 6) is -0.441. The van der Waals surface area contributed by atoms with E-state index in [1.165, 1.54) is 0 Å². The number of benzene rings is 2. The number of Topliss-reactive ketones (excluding diaryl/α,β-unsaturated/α-hetero) is 1. The molecule has 0 spiro atoms. The highest BCUT2D eigenvalue weighted by Gasteiger charge is 2.42. The molecule has 2 aromatic rings. The lowest BCUT2D eigenvalue weighted by Crippen LogP contribution is -2.40. The second-order valence-electron chi connectivity index (χ2n) is 6.46. The van der Waals surface area contributed by atoms with Crippen molar-refractivity contribution in [2.75, 3.05) is 13.2 Å². The Hall–Kier alpha value is -2.46. The molecule has 0 heterocycles. The Morgan fingerprint density at radius 1 is 0.852 bits per heavy atom. The first-order valence-corrected chi connectivity index (χ1v) is 9.59. The van der Waals surface area contributed by atoms with Gasteiger partial charge in [0.05, 0.1) is 6.61 Å². The van der Waals surface area contributed by atoms with Gasteiger partial charge in [0.25, 0.3) is 0 Å². The van der Waals surface area contributed by atoms with Crippen LogP contribution >= 0.6 is 0 Å². The van der Waals surface area contributed by atoms with Crippen LogP contribution in [-0.4, -0.2) is 25.0 Å². The SMILES string of the molecule is CCCOC(=O)CCC(OCCC)(C(=O)c1ccccc1)c1ccccc1. The third kappa shape index (κ3) is 5.51. The van der Waals surface area contributed by atoms with Gasteiger partial charge in [0.2, 0.25) is 0 Å². The Morgan fingerprint density at radius 2 is 1.44 bits per heavy atom. The summed E-state index contributed by atoms with van der Waals surface area (Å²) in [6.45, 7) is 4.76. The molecule has 0 bridgehead atoms. The molecule has 0 aliphatic carbocycles. The molecule has 0 radical (unpaired) electrons. The number of rotatable bonds is 11. The molecule has 1 atom stereocenters. The van der Waals surface area contributed by atoms with Gasteiger partial charge in [-0.3, -0.25) is 9.59 Å². The Kier molecular flexibility index (Phi) is 8.21. The van der Waals surface area contributed by atoms with E-state index in [0.717, 1.165) is 18.4 Å². The number of hydrogen-bond acceptors (Lipinski definition) is 4. The maximum atomic E-state index is 13.5. The molecular weight excluding hydrogens is 340 g/mol. The number of carbonyl (C=O) groups is 2. The number of hydrogen-bond donors (Lipinski definition) is 0. The molecule has 0 saturated heterocycles. The zero-order valence-corrected chi connectivity index (χ0v) is 16.1. The number of ether oxygens (including phenoxy) is 2. The van der Waals surface area contributed by atoms with E-state index in [-0.39, 0.29) is 24.6 Å². The van der Waals surface area contributed by atoms with Crippen molar-refractivity contribution in [3.05, 3.63) is 71.8 Å². The molecule has 0 aliphatic rings. The maximum absolute atomic E-state index is 13.5. The maximum Gasteiger partial charge on any atom is 0.305 e. The number of ketones is 1. The van der Waals surface area contributed by atoms with Crippen molar-refractivity contribution in [2.45, 2.75) is 45.1 Å². The molecule has 0 saturated carbocycles. The second kappa shape index (κ2) is 10.6. The van der Waals surface area contributed by atoms with Crippen LogP contribution in [0.4, 0.5) is 0 Å². The summed E-state index contributed by atoms with van der Waals surface area (Å²) in [7, 11) is 0. The lowest BCUT2D eigenvalue weighted by atomic mass is 9.82. The second-order valence-corrected chi connectivity index (χ2v) is 6.46. The summed E-state index contributed by atoms with van der Waals surface area (Å²) in [5, 5.41) is 0. The fraction of sp³-hybridized carbons (Fsp3) is 0.391. The largest absolute Gasteiger partial charge is 0.466 e. The van der Waals surface area contributed by atoms with E-state index in [9.17, 15) is 9.59 Å². The van der Waals surface area contributed by atoms with Crippen molar-refractivity contribution in [3.8, 4) is 0 Å². The first-order valence-electron chi connectivity index (χ1n) is 9.59. The van der Waals surface area contributed by atoms with Crippen molar-refractivity contribution in [1.82, 2.24) is 0 Å². The summed E-state index contributed by atoms with van der Waals surface area (Å²) in [5.41, 5.74) is 0.124. The van der Waals surface area contributed by atoms with Crippen LogP contribution in [0.25, 0.3) is 0 Å². The molecule has 144 valence electrons. The molecule has 2 rings (SSSR count). The van der Waals surface area contributed by atoms with E-state index < -0.39 is 5.60 Å². The first kappa shape index (κ1) is 20.8. The molecule has 1 unspecified atom stereocenters. The predicted molar refractivity (Wildman–Crippen MR) is 106 cm³/mol. The van der Waals surface area contributed by atoms with E-state index in [1.807, 2.05) is 62.4 Å². The van der Waals surface area contributed by atoms with Gasteiger partial charge < -0.3 is 9.47 Å². The lowest BCUT2D eigenvalue weighted by molar-refractivity contribution is -0.145. The van der Waals surface area contributed by atoms with Crippen LogP contribution in [0, 0.1) is 0 Å². The Bertz CT molecular complexity index is 712. The van der Waals surface area contributed by atoms with E-state index in [2.05, 4.69) is 0 Å². The van der Waals surface area contributed by atoms with Crippen molar-refractivity contribution in [1.29, 1.82) is 0 Å². The van der Waals surface area contributed by atoms with Gasteiger partial charge in [0.15, 0.2) is 11.4 Å². The Balaban J connectivity index is 2.40. The third-order valence-electron chi connectivity index (χ3n) is 4.34. The summed E-state index contributed by atoms with van der Waals surface area (Å²) >= 11 is 0. The van der Waals surface area contributed by atoms with Gasteiger partial charge >= 0.3 is 5.97 Å². The van der Waals surface area contributed by atoms with Gasteiger partial charge in [-0.2, -0.15) is 0 Å². The van der Waals surface area contributed by atoms with E-state index in [4.69, 9.17) is 9.47 Å². The molecule has 0 fully saturated rings. The van der Waals surface area contributed by atoms with Crippen molar-refractivity contribution < 1.29 is 19.1 Å². The van der Waals surface area contributed by atoms with Crippen LogP contribution in [0.3, 0.4) is 0 Å². The fourth-order valence-corrected chi connectivity index (χ4v) is 2.98. The van der Waals surface area contributed by atoms with E-state index in [0.29, 0.717) is 18.8 Å². The lowest BCUT2D eigenvalue weighted by Gasteiger charge is -2.33. The number of carbonyl (C=O) groups excluding carboxylic acids is 2. The standard InChI is InChI=1S/C23H28O4/c1-3-17-26-21(24)15-16-23(27-18-4-2,20-13-9-6-10-14-20)22(25)19-11-7-5-8-12-19/h5-14H,3-4,15-18H2,1-2H3. The average Bonchev–Trinajstić information content (AvgIpc) is 2.73. The Morgan fingerprint density at radius 3 is 2.04 bits per heavy atom. The van der Waals surface area contributed by atoms with Gasteiger partial charge in [-0.1, -0.05) is 74.5 Å². The van der Waals surface area contributed by atoms with Gasteiger partial charge in [-0.05, 0) is 24.8 Å². The minimum atomic E-state index is -1.20. The van der Waals surface area contributed by atoms with Crippen LogP contribution in [0.5, 0.6) is 0 Å².